The SMILES string of the molecule is C=CC(=O)Cl.C=CC(=O)Nc1cc(/C=C/C2CCC(C(F)(F)F)CC2)c(OC)c(C2CC2)n1.COc1c(/C=C/C2CCC(C(F)(F)F)CC2)cc(Cl)nc1C.COc1c(/C=C/C2CCC(C(F)(F)F)CC2)cc(Cl)nc1C1CC1.COc1c(/C=C/C2CCC(C(F)(F)F)CC2)cc(N)nc1C1CC1.COc1cnc(Cl)cc1/C=C/C1CCC(C(F)(F)F)CC1.OB(O)C1CC1. The predicted octanol–water partition coefficient (Wildman–Crippen LogP) is 27.5. The molecule has 16 nitrogen and oxygen atoms in total. The molecule has 716 valence electrons. The van der Waals surface area contributed by atoms with Gasteiger partial charge in [0.15, 0.2) is 0 Å². The van der Waals surface area contributed by atoms with Gasteiger partial charge in [-0.15, -0.1) is 0 Å². The van der Waals surface area contributed by atoms with E-state index < -0.39 is 72.8 Å². The minimum Gasteiger partial charge on any atom is -0.495 e. The van der Waals surface area contributed by atoms with Gasteiger partial charge < -0.3 is 44.8 Å². The summed E-state index contributed by atoms with van der Waals surface area (Å²) in [5.41, 5.74) is 13.3. The molecule has 14 rings (SSSR count). The predicted molar refractivity (Wildman–Crippen MR) is 480 cm³/mol. The molecule has 9 fully saturated rings. The highest BCUT2D eigenvalue weighted by atomic mass is 35.5. The smallest absolute Gasteiger partial charge is 0.454 e. The molecule has 0 atom stereocenters. The molecule has 1 amide bonds. The molecule has 5 aromatic heterocycles. The number of pyridine rings is 5. The highest BCUT2D eigenvalue weighted by molar-refractivity contribution is 6.66. The number of aryl methyl sites for hydroxylation is 1. The molecule has 0 aliphatic heterocycles. The maximum absolute atomic E-state index is 12.8. The topological polar surface area (TPSA) is 223 Å². The molecule has 5 N–H and O–H groups in total. The number of nitrogens with zero attached hydrogens (tertiary/aromatic N) is 5. The van der Waals surface area contributed by atoms with Crippen LogP contribution in [-0.2, 0) is 9.59 Å². The Hall–Kier alpha value is -8.04. The van der Waals surface area contributed by atoms with Gasteiger partial charge in [0.2, 0.25) is 11.1 Å². The van der Waals surface area contributed by atoms with Crippen LogP contribution in [0.5, 0.6) is 28.7 Å². The van der Waals surface area contributed by atoms with Crippen molar-refractivity contribution in [3.8, 4) is 28.7 Å². The third-order valence-electron chi connectivity index (χ3n) is 24.6. The number of carbonyl (C=O) groups is 2. The fourth-order valence-electron chi connectivity index (χ4n) is 16.4. The number of hydrogen-bond donors (Lipinski definition) is 4. The van der Waals surface area contributed by atoms with Crippen molar-refractivity contribution in [1.29, 1.82) is 0 Å². The summed E-state index contributed by atoms with van der Waals surface area (Å²) in [5, 5.41) is 19.8. The standard InChI is InChI=1S/C21H25F3N2O2.C18H21ClF3NO.C18H23F3N2O.C16H19ClF3NO.C15H17ClF3NO.C3H7BO2.C3H3ClO/c1-3-18(27)25-17-12-15(20(28-2)19(26-17)14-8-9-14)7-4-13-5-10-16(11-6-13)21(22,23)24;1-24-17-13(10-15(19)23-16(17)12-6-7-12)5-2-11-3-8-14(9-4-11)18(20,21)22;1-24-17-13(10-15(22)23-16(17)12-6-7-12)5-2-11-3-8-14(9-4-11)18(19,20)21;1-10-15(22-2)12(9-14(17)21-10)6-3-11-4-7-13(8-5-11)16(18,19)20;1-21-13-9-20-14(16)8-11(13)5-2-10-3-6-12(7-4-10)15(17,18)19;5-4(6)3-1-2-3;1-2-3(4)5/h3-4,7,12-14,16H,1,5-6,8-11H2,2H3,(H,25,26,27);2,5,10-12,14H,3-4,6-9H2,1H3;2,5,10-12,14H,3-4,6-9H2,1H3,(H2,22,23);3,6,9,11,13H,4-5,7-8H2,1-2H3;2,5,8-10,12H,3-4,6-7H2,1H3;3,5-6H,1-2H2;2H,1H2/b7-4+;2*5-2+;6-3+;5-2+;;. The molecule has 0 aromatic carbocycles. The van der Waals surface area contributed by atoms with E-state index in [0.29, 0.717) is 132 Å². The van der Waals surface area contributed by atoms with E-state index in [2.05, 4.69) is 43.4 Å². The summed E-state index contributed by atoms with van der Waals surface area (Å²) in [6, 6.07) is 8.63. The number of ether oxygens (including phenoxy) is 5. The number of amides is 1. The number of allylic oxidation sites excluding steroid dienone is 6. The first-order chi connectivity index (χ1) is 61.4. The number of rotatable bonds is 22. The van der Waals surface area contributed by atoms with E-state index in [0.717, 1.165) is 114 Å². The Morgan fingerprint density at radius 2 is 0.700 bits per heavy atom. The van der Waals surface area contributed by atoms with Crippen molar-refractivity contribution in [3.05, 3.63) is 158 Å². The van der Waals surface area contributed by atoms with Gasteiger partial charge in [0.1, 0.15) is 55.8 Å². The van der Waals surface area contributed by atoms with Gasteiger partial charge in [-0.25, -0.2) is 24.9 Å². The van der Waals surface area contributed by atoms with Gasteiger partial charge in [0.05, 0.1) is 94.1 Å². The van der Waals surface area contributed by atoms with Gasteiger partial charge in [-0.1, -0.05) is 122 Å². The van der Waals surface area contributed by atoms with Crippen LogP contribution >= 0.6 is 46.4 Å². The Morgan fingerprint density at radius 1 is 0.408 bits per heavy atom. The Labute approximate surface area is 770 Å². The average molecular weight is 1920 g/mol. The third-order valence-corrected chi connectivity index (χ3v) is 25.3. The second-order valence-electron chi connectivity index (χ2n) is 34.3. The van der Waals surface area contributed by atoms with E-state index in [9.17, 15) is 75.4 Å². The molecule has 5 heterocycles. The summed E-state index contributed by atoms with van der Waals surface area (Å²) in [4.78, 5) is 42.4. The maximum Gasteiger partial charge on any atom is 0.454 e. The van der Waals surface area contributed by atoms with E-state index in [-0.39, 0.29) is 106 Å². The maximum atomic E-state index is 12.8. The largest absolute Gasteiger partial charge is 0.495 e. The molecular formula is C94H115BCl4F15N7O9. The molecule has 9 saturated carbocycles. The van der Waals surface area contributed by atoms with E-state index in [1.54, 1.807) is 65.7 Å². The summed E-state index contributed by atoms with van der Waals surface area (Å²) in [6.45, 7) is 8.33. The van der Waals surface area contributed by atoms with E-state index in [1.165, 1.54) is 19.4 Å². The van der Waals surface area contributed by atoms with Crippen molar-refractivity contribution in [1.82, 2.24) is 24.9 Å². The molecule has 9 aliphatic rings. The third kappa shape index (κ3) is 35.1. The van der Waals surface area contributed by atoms with Crippen molar-refractivity contribution in [2.45, 2.75) is 241 Å². The minimum absolute atomic E-state index is 0.104. The normalized spacial score (nSPS) is 23.1. The van der Waals surface area contributed by atoms with Crippen LogP contribution in [0.15, 0.2) is 92.2 Å². The van der Waals surface area contributed by atoms with Crippen LogP contribution in [-0.4, -0.2) is 120 Å². The van der Waals surface area contributed by atoms with Crippen LogP contribution in [0.1, 0.15) is 248 Å². The van der Waals surface area contributed by atoms with E-state index >= 15 is 0 Å². The Balaban J connectivity index is 0.000000195. The molecule has 5 aromatic rings. The summed E-state index contributed by atoms with van der Waals surface area (Å²) in [7, 11) is 6.87. The van der Waals surface area contributed by atoms with E-state index in [4.69, 9.17) is 85.9 Å². The number of carbonyl (C=O) groups excluding carboxylic acids is 2. The van der Waals surface area contributed by atoms with Gasteiger partial charge in [0.25, 0.3) is 0 Å². The van der Waals surface area contributed by atoms with Crippen LogP contribution in [0.4, 0.5) is 77.5 Å². The summed E-state index contributed by atoms with van der Waals surface area (Å²) >= 11 is 22.6. The van der Waals surface area contributed by atoms with Crippen molar-refractivity contribution >= 4 is 107 Å². The molecule has 0 radical (unpaired) electrons. The lowest BCUT2D eigenvalue weighted by atomic mass is 9.81. The lowest BCUT2D eigenvalue weighted by molar-refractivity contribution is -0.183. The highest BCUT2D eigenvalue weighted by Crippen LogP contribution is 2.51. The number of nitrogens with one attached hydrogen (secondary N) is 1. The molecule has 0 unspecified atom stereocenters. The van der Waals surface area contributed by atoms with Gasteiger partial charge in [-0.05, 0) is 263 Å². The first-order valence-electron chi connectivity index (χ1n) is 43.8. The Bertz CT molecular complexity index is 4540. The van der Waals surface area contributed by atoms with Crippen molar-refractivity contribution in [2.24, 2.45) is 59.2 Å². The van der Waals surface area contributed by atoms with Gasteiger partial charge in [-0.3, -0.25) is 9.59 Å². The lowest BCUT2D eigenvalue weighted by Crippen LogP contribution is -2.27. The summed E-state index contributed by atoms with van der Waals surface area (Å²) < 4.78 is 218. The molecule has 0 spiro atoms. The number of nitrogens with two attached hydrogens (primary N) is 1. The molecule has 0 saturated heterocycles. The monoisotopic (exact) mass is 1920 g/mol. The van der Waals surface area contributed by atoms with Crippen LogP contribution in [0.2, 0.25) is 21.3 Å². The first-order valence-corrected chi connectivity index (χ1v) is 45.3. The molecule has 0 bridgehead atoms. The number of methoxy groups -OCH3 is 5. The molecule has 36 heteroatoms. The fraction of sp³-hybridized carbons (Fsp3) is 0.564. The summed E-state index contributed by atoms with van der Waals surface area (Å²) in [5.74, 6) is 0.276. The van der Waals surface area contributed by atoms with E-state index in [1.807, 2.05) is 60.8 Å². The zero-order valence-electron chi connectivity index (χ0n) is 73.5. The number of aromatic nitrogens is 5. The lowest BCUT2D eigenvalue weighted by Gasteiger charge is -2.28. The van der Waals surface area contributed by atoms with Gasteiger partial charge in [0, 0.05) is 45.6 Å². The van der Waals surface area contributed by atoms with Crippen LogP contribution < -0.4 is 34.7 Å². The Kier molecular flexibility index (Phi) is 41.1. The quantitative estimate of drug-likeness (QED) is 0.0166. The molecular weight excluding hydrogens is 1810 g/mol. The highest BCUT2D eigenvalue weighted by Gasteiger charge is 2.46. The number of anilines is 2. The number of alkyl halides is 15. The van der Waals surface area contributed by atoms with Gasteiger partial charge in [-0.2, -0.15) is 65.9 Å². The van der Waals surface area contributed by atoms with Crippen LogP contribution in [0.3, 0.4) is 0 Å². The first kappa shape index (κ1) is 107. The zero-order chi connectivity index (χ0) is 95.6. The summed E-state index contributed by atoms with van der Waals surface area (Å²) in [6.07, 6.45) is 18.7. The molecule has 9 aliphatic carbocycles. The van der Waals surface area contributed by atoms with Crippen LogP contribution in [0, 0.1) is 66.1 Å². The Morgan fingerprint density at radius 3 is 0.985 bits per heavy atom. The van der Waals surface area contributed by atoms with Crippen molar-refractivity contribution < 1.29 is 109 Å². The second kappa shape index (κ2) is 49.8. The van der Waals surface area contributed by atoms with Gasteiger partial charge >= 0.3 is 38.0 Å². The minimum atomic E-state index is -4.10. The number of halogens is 19. The zero-order valence-corrected chi connectivity index (χ0v) is 76.5. The fourth-order valence-corrected chi connectivity index (χ4v) is 17.1. The molecule has 130 heavy (non-hydrogen) atoms. The van der Waals surface area contributed by atoms with Crippen molar-refractivity contribution in [2.75, 3.05) is 46.6 Å². The number of hydrogen-bond acceptors (Lipinski definition) is 15. The average Bonchev–Trinajstić information content (AvgIpc) is 1.64. The van der Waals surface area contributed by atoms with Crippen molar-refractivity contribution in [3.63, 3.8) is 0 Å². The number of nitrogen functional groups attached to an aromatic ring is 1. The second-order valence-corrected chi connectivity index (χ2v) is 35.8. The van der Waals surface area contributed by atoms with Crippen LogP contribution in [0.25, 0.3) is 30.4 Å².